The van der Waals surface area contributed by atoms with Crippen molar-refractivity contribution in [3.8, 4) is 5.75 Å². The summed E-state index contributed by atoms with van der Waals surface area (Å²) in [5.74, 6) is -1.42. The molecule has 15 nitrogen and oxygen atoms in total. The van der Waals surface area contributed by atoms with Gasteiger partial charge in [0.2, 0.25) is 5.91 Å². The SMILES string of the molecule is CC=C(CCO)C(=O)OC1(C)C(CO)C=C2CSSC3CC4C(=O)C=CC5C(C4NC)C3N5C(=O)CC3=C(C=C(N)NC3)C2C12Cc1cc3cc(C4(C(CO)CCC(O)Cc5ccccc5)CCCCC4)c(=O)oc3cc1O2. The largest absolute Gasteiger partial charge is 0.481 e. The van der Waals surface area contributed by atoms with Crippen LogP contribution in [-0.4, -0.2) is 123 Å². The summed E-state index contributed by atoms with van der Waals surface area (Å²) in [6, 6.07) is 15.1. The fourth-order valence-electron chi connectivity index (χ4n) is 15.4. The van der Waals surface area contributed by atoms with Gasteiger partial charge >= 0.3 is 11.6 Å². The highest BCUT2D eigenvalue weighted by atomic mass is 33.1. The van der Waals surface area contributed by atoms with Gasteiger partial charge in [0.15, 0.2) is 17.0 Å². The molecule has 1 saturated heterocycles. The summed E-state index contributed by atoms with van der Waals surface area (Å²) in [6.45, 7) is 2.90. The average Bonchev–Trinajstić information content (AvgIpc) is 3.62. The van der Waals surface area contributed by atoms with Crippen LogP contribution in [0.15, 0.2) is 116 Å². The monoisotopic (exact) mass is 1100 g/mol. The molecule has 2 aromatic carbocycles. The van der Waals surface area contributed by atoms with Gasteiger partial charge in [0.25, 0.3) is 0 Å². The lowest BCUT2D eigenvalue weighted by Crippen LogP contribution is -2.75. The van der Waals surface area contributed by atoms with Gasteiger partial charge in [-0.05, 0) is 112 Å². The number of allylic oxidation sites excluding steroid dienone is 3. The standard InChI is InChI=1S/C61H74N4O11S2/c1-4-35(17-20-66)57(72)76-59(2)41(32-68)23-39-33-77-78-50-26-44-47(70)16-15-46-53(55(44)63-3)56(50)65(46)52(71)25-38-30-64-51(62)27-43(38)54(39)61(59)29-37-22-36-24-45(58(73)74-48(36)28-49(37)75-61)60(18-9-6-10-19-60)40(31-67)13-14-42(69)21-34-11-7-5-8-12-34/h4-5,7-8,11-12,15-16,22-24,27-28,40-42,44,46,50,53-56,63-64,66-69H,6,9-10,13-14,17-21,25-26,29-33,62H2,1-3H3. The average molecular weight is 1100 g/mol. The Kier molecular flexibility index (Phi) is 15.5. The summed E-state index contributed by atoms with van der Waals surface area (Å²) in [4.78, 5) is 60.1. The Balaban J connectivity index is 1.03. The highest BCUT2D eigenvalue weighted by Crippen LogP contribution is 2.60. The first-order chi connectivity index (χ1) is 37.7. The molecule has 4 aliphatic heterocycles. The second kappa shape index (κ2) is 22.1. The molecule has 3 aromatic rings. The van der Waals surface area contributed by atoms with Gasteiger partial charge in [-0.1, -0.05) is 95.0 Å². The highest BCUT2D eigenvalue weighted by molar-refractivity contribution is 8.77. The van der Waals surface area contributed by atoms with Crippen molar-refractivity contribution in [3.05, 3.63) is 134 Å². The van der Waals surface area contributed by atoms with Crippen LogP contribution in [0.25, 0.3) is 11.0 Å². The van der Waals surface area contributed by atoms with Crippen LogP contribution in [0, 0.1) is 29.6 Å². The van der Waals surface area contributed by atoms with E-state index < -0.39 is 52.8 Å². The number of rotatable bonds is 14. The fourth-order valence-corrected chi connectivity index (χ4v) is 18.5. The van der Waals surface area contributed by atoms with E-state index >= 15 is 4.79 Å². The number of hydrogen-bond acceptors (Lipinski definition) is 16. The number of ether oxygens (including phenoxy) is 2. The Morgan fingerprint density at radius 1 is 1.08 bits per heavy atom. The van der Waals surface area contributed by atoms with Gasteiger partial charge in [0.05, 0.1) is 43.0 Å². The third-order valence-electron chi connectivity index (χ3n) is 19.3. The molecule has 8 aliphatic rings. The lowest BCUT2D eigenvalue weighted by atomic mass is 9.57. The minimum absolute atomic E-state index is 0.0398. The second-order valence-corrected chi connectivity index (χ2v) is 25.8. The van der Waals surface area contributed by atoms with E-state index in [9.17, 15) is 34.8 Å². The molecule has 1 amide bonds. The van der Waals surface area contributed by atoms with E-state index in [1.54, 1.807) is 53.7 Å². The van der Waals surface area contributed by atoms with Gasteiger partial charge in [0.1, 0.15) is 11.3 Å². The molecular weight excluding hydrogens is 1030 g/mol. The summed E-state index contributed by atoms with van der Waals surface area (Å²) in [7, 11) is 5.24. The lowest BCUT2D eigenvalue weighted by Gasteiger charge is -2.62. The number of ketones is 1. The number of esters is 1. The Bertz CT molecular complexity index is 3060. The number of hydrogen-bond donors (Lipinski definition) is 7. The van der Waals surface area contributed by atoms with E-state index in [4.69, 9.17) is 19.6 Å². The molecule has 11 rings (SSSR count). The second-order valence-electron chi connectivity index (χ2n) is 23.2. The zero-order valence-corrected chi connectivity index (χ0v) is 46.4. The third-order valence-corrected chi connectivity index (χ3v) is 22.1. The molecule has 17 heteroatoms. The van der Waals surface area contributed by atoms with E-state index in [2.05, 4.69) is 10.6 Å². The van der Waals surface area contributed by atoms with Crippen LogP contribution in [0.4, 0.5) is 0 Å². The topological polar surface area (TPSA) is 234 Å². The first kappa shape index (κ1) is 54.8. The van der Waals surface area contributed by atoms with Crippen molar-refractivity contribution >= 4 is 50.2 Å². The van der Waals surface area contributed by atoms with Crippen LogP contribution in [-0.2, 0) is 37.4 Å². The zero-order chi connectivity index (χ0) is 54.7. The molecule has 4 aliphatic carbocycles. The van der Waals surface area contributed by atoms with Crippen molar-refractivity contribution in [2.75, 3.05) is 39.2 Å². The molecule has 12 atom stereocenters. The number of nitrogens with one attached hydrogen (secondary N) is 2. The quantitative estimate of drug-likeness (QED) is 0.0311. The van der Waals surface area contributed by atoms with Crippen LogP contribution in [0.2, 0.25) is 0 Å². The van der Waals surface area contributed by atoms with Gasteiger partial charge in [-0.2, -0.15) is 0 Å². The number of carbonyl (C=O) groups excluding carboxylic acids is 3. The number of nitrogens with two attached hydrogens (primary N) is 1. The minimum Gasteiger partial charge on any atom is -0.481 e. The predicted octanol–water partition coefficient (Wildman–Crippen LogP) is 6.25. The summed E-state index contributed by atoms with van der Waals surface area (Å²) in [5.41, 5.74) is 7.69. The Morgan fingerprint density at radius 3 is 2.60 bits per heavy atom. The van der Waals surface area contributed by atoms with E-state index in [0.717, 1.165) is 47.1 Å². The molecule has 2 bridgehead atoms. The number of dihydropyridines is 1. The van der Waals surface area contributed by atoms with E-state index in [-0.39, 0.29) is 97.4 Å². The normalized spacial score (nSPS) is 31.9. The van der Waals surface area contributed by atoms with Crippen molar-refractivity contribution in [1.82, 2.24) is 15.5 Å². The molecule has 5 heterocycles. The van der Waals surface area contributed by atoms with Crippen molar-refractivity contribution in [1.29, 1.82) is 0 Å². The summed E-state index contributed by atoms with van der Waals surface area (Å²) < 4.78 is 20.7. The molecule has 3 fully saturated rings. The van der Waals surface area contributed by atoms with Crippen LogP contribution < -0.4 is 26.7 Å². The molecule has 1 aromatic heterocycles. The molecule has 416 valence electrons. The van der Waals surface area contributed by atoms with E-state index in [1.165, 1.54) is 0 Å². The predicted molar refractivity (Wildman–Crippen MR) is 301 cm³/mol. The maximum atomic E-state index is 15.2. The summed E-state index contributed by atoms with van der Waals surface area (Å²) in [5, 5.41) is 51.5. The van der Waals surface area contributed by atoms with Crippen LogP contribution >= 0.6 is 21.6 Å². The zero-order valence-electron chi connectivity index (χ0n) is 44.8. The first-order valence-electron chi connectivity index (χ1n) is 28.1. The first-order valence-corrected chi connectivity index (χ1v) is 30.4. The Morgan fingerprint density at radius 2 is 1.87 bits per heavy atom. The third kappa shape index (κ3) is 9.30. The molecule has 78 heavy (non-hydrogen) atoms. The summed E-state index contributed by atoms with van der Waals surface area (Å²) in [6.07, 6.45) is 14.9. The van der Waals surface area contributed by atoms with Crippen molar-refractivity contribution < 1.29 is 48.7 Å². The molecule has 0 radical (unpaired) electrons. The minimum atomic E-state index is -1.62. The van der Waals surface area contributed by atoms with Crippen molar-refractivity contribution in [3.63, 3.8) is 0 Å². The number of amides is 1. The molecule has 12 unspecified atom stereocenters. The lowest BCUT2D eigenvalue weighted by molar-refractivity contribution is -0.202. The Hall–Kier alpha value is -5.14. The molecule has 8 N–H and O–H groups in total. The number of aliphatic hydroxyl groups excluding tert-OH is 4. The number of fused-ring (bicyclic) bond motifs is 7. The van der Waals surface area contributed by atoms with Crippen molar-refractivity contribution in [2.45, 2.75) is 137 Å². The number of aliphatic hydroxyl groups is 4. The number of nitrogens with zero attached hydrogens (tertiary/aromatic N) is 1. The fraction of sp³-hybridized carbons (Fsp3) is 0.541. The van der Waals surface area contributed by atoms with Gasteiger partial charge in [-0.25, -0.2) is 9.59 Å². The van der Waals surface area contributed by atoms with Crippen LogP contribution in [0.5, 0.6) is 5.75 Å². The maximum Gasteiger partial charge on any atom is 0.340 e. The highest BCUT2D eigenvalue weighted by Gasteiger charge is 2.68. The summed E-state index contributed by atoms with van der Waals surface area (Å²) >= 11 is 0. The molecule has 2 saturated carbocycles. The van der Waals surface area contributed by atoms with Gasteiger partial charge in [-0.3, -0.25) is 9.59 Å². The molecule has 1 spiro atoms. The smallest absolute Gasteiger partial charge is 0.340 e. The van der Waals surface area contributed by atoms with Gasteiger partial charge in [0, 0.05) is 95.4 Å². The van der Waals surface area contributed by atoms with Crippen LogP contribution in [0.1, 0.15) is 94.7 Å². The number of benzene rings is 2. The van der Waals surface area contributed by atoms with Crippen LogP contribution in [0.3, 0.4) is 0 Å². The molecular formula is C61H74N4O11S2. The van der Waals surface area contributed by atoms with Crippen molar-refractivity contribution in [2.24, 2.45) is 35.3 Å². The van der Waals surface area contributed by atoms with E-state index in [0.29, 0.717) is 72.4 Å². The maximum absolute atomic E-state index is 15.2. The number of carbonyl (C=O) groups is 3. The van der Waals surface area contributed by atoms with E-state index in [1.807, 2.05) is 72.6 Å². The van der Waals surface area contributed by atoms with Gasteiger partial charge in [-0.15, -0.1) is 0 Å². The Labute approximate surface area is 463 Å². The van der Waals surface area contributed by atoms with Gasteiger partial charge < -0.3 is 55.6 Å².